The van der Waals surface area contributed by atoms with E-state index < -0.39 is 0 Å². The van der Waals surface area contributed by atoms with Gasteiger partial charge in [-0.3, -0.25) is 0 Å². The predicted molar refractivity (Wildman–Crippen MR) is 56.8 cm³/mol. The van der Waals surface area contributed by atoms with E-state index in [-0.39, 0.29) is 0 Å². The van der Waals surface area contributed by atoms with Crippen LogP contribution >= 0.6 is 0 Å². The zero-order valence-electron chi connectivity index (χ0n) is 9.10. The van der Waals surface area contributed by atoms with Gasteiger partial charge in [0.1, 0.15) is 0 Å². The van der Waals surface area contributed by atoms with Crippen LogP contribution < -0.4 is 5.32 Å². The van der Waals surface area contributed by atoms with E-state index in [1.165, 1.54) is 45.1 Å². The van der Waals surface area contributed by atoms with Gasteiger partial charge in [0.15, 0.2) is 0 Å². The highest BCUT2D eigenvalue weighted by Gasteiger charge is 2.46. The average molecular weight is 181 g/mol. The molecular formula is C12H23N. The molecule has 1 saturated heterocycles. The smallest absolute Gasteiger partial charge is 0.0159 e. The molecule has 76 valence electrons. The van der Waals surface area contributed by atoms with Crippen molar-refractivity contribution in [3.05, 3.63) is 0 Å². The summed E-state index contributed by atoms with van der Waals surface area (Å²) in [5, 5.41) is 3.63. The Bertz CT molecular complexity index is 166. The first-order chi connectivity index (χ1) is 6.25. The lowest BCUT2D eigenvalue weighted by Gasteiger charge is -2.53. The van der Waals surface area contributed by atoms with Crippen molar-refractivity contribution in [1.29, 1.82) is 0 Å². The molecule has 1 aliphatic carbocycles. The molecule has 1 heteroatoms. The Morgan fingerprint density at radius 3 is 2.08 bits per heavy atom. The van der Waals surface area contributed by atoms with Crippen LogP contribution in [0.5, 0.6) is 0 Å². The van der Waals surface area contributed by atoms with E-state index in [9.17, 15) is 0 Å². The average Bonchev–Trinajstić information content (AvgIpc) is 2.26. The molecule has 1 heterocycles. The highest BCUT2D eigenvalue weighted by molar-refractivity contribution is 5.03. The highest BCUT2D eigenvalue weighted by atomic mass is 15.0. The number of rotatable bonds is 1. The molecule has 2 fully saturated rings. The molecule has 0 unspecified atom stereocenters. The van der Waals surface area contributed by atoms with Crippen molar-refractivity contribution in [3.8, 4) is 0 Å². The van der Waals surface area contributed by atoms with Crippen LogP contribution in [0.25, 0.3) is 0 Å². The van der Waals surface area contributed by atoms with Gasteiger partial charge in [0.2, 0.25) is 0 Å². The maximum Gasteiger partial charge on any atom is 0.0159 e. The van der Waals surface area contributed by atoms with Crippen LogP contribution in [0, 0.1) is 11.3 Å². The van der Waals surface area contributed by atoms with Crippen molar-refractivity contribution >= 4 is 0 Å². The lowest BCUT2D eigenvalue weighted by Crippen LogP contribution is -2.64. The SMILES string of the molecule is CC(C)[C@@H]1NCC12CCCCCC2. The molecule has 0 amide bonds. The summed E-state index contributed by atoms with van der Waals surface area (Å²) >= 11 is 0. The van der Waals surface area contributed by atoms with Gasteiger partial charge >= 0.3 is 0 Å². The summed E-state index contributed by atoms with van der Waals surface area (Å²) in [6, 6.07) is 0.825. The molecule has 2 aliphatic rings. The monoisotopic (exact) mass is 181 g/mol. The maximum absolute atomic E-state index is 3.63. The van der Waals surface area contributed by atoms with Crippen LogP contribution in [0.4, 0.5) is 0 Å². The topological polar surface area (TPSA) is 12.0 Å². The molecule has 1 N–H and O–H groups in total. The molecule has 1 spiro atoms. The third kappa shape index (κ3) is 1.63. The van der Waals surface area contributed by atoms with Crippen molar-refractivity contribution in [2.24, 2.45) is 11.3 Å². The Labute approximate surface area is 82.3 Å². The van der Waals surface area contributed by atoms with E-state index in [2.05, 4.69) is 19.2 Å². The summed E-state index contributed by atoms with van der Waals surface area (Å²) in [5.41, 5.74) is 0.713. The van der Waals surface area contributed by atoms with E-state index in [1.54, 1.807) is 0 Å². The Kier molecular flexibility index (Phi) is 2.64. The van der Waals surface area contributed by atoms with E-state index in [1.807, 2.05) is 0 Å². The minimum Gasteiger partial charge on any atom is -0.313 e. The fraction of sp³-hybridized carbons (Fsp3) is 1.00. The molecule has 2 rings (SSSR count). The Morgan fingerprint density at radius 2 is 1.69 bits per heavy atom. The van der Waals surface area contributed by atoms with Gasteiger partial charge in [-0.05, 0) is 24.2 Å². The van der Waals surface area contributed by atoms with E-state index in [4.69, 9.17) is 0 Å². The van der Waals surface area contributed by atoms with Gasteiger partial charge in [-0.15, -0.1) is 0 Å². The van der Waals surface area contributed by atoms with Crippen LogP contribution in [0.1, 0.15) is 52.4 Å². The third-order valence-corrected chi connectivity index (χ3v) is 4.10. The van der Waals surface area contributed by atoms with Crippen LogP contribution in [-0.4, -0.2) is 12.6 Å². The lowest BCUT2D eigenvalue weighted by atomic mass is 9.64. The first-order valence-corrected chi connectivity index (χ1v) is 5.98. The summed E-state index contributed by atoms with van der Waals surface area (Å²) in [5.74, 6) is 0.826. The van der Waals surface area contributed by atoms with Crippen LogP contribution in [0.2, 0.25) is 0 Å². The van der Waals surface area contributed by atoms with Crippen LogP contribution in [0.15, 0.2) is 0 Å². The summed E-state index contributed by atoms with van der Waals surface area (Å²) in [4.78, 5) is 0. The normalized spacial score (nSPS) is 33.0. The number of nitrogens with one attached hydrogen (secondary N) is 1. The van der Waals surface area contributed by atoms with Crippen LogP contribution in [0.3, 0.4) is 0 Å². The Morgan fingerprint density at radius 1 is 1.08 bits per heavy atom. The highest BCUT2D eigenvalue weighted by Crippen LogP contribution is 2.45. The van der Waals surface area contributed by atoms with Crippen molar-refractivity contribution in [2.45, 2.75) is 58.4 Å². The summed E-state index contributed by atoms with van der Waals surface area (Å²) < 4.78 is 0. The first kappa shape index (κ1) is 9.51. The third-order valence-electron chi connectivity index (χ3n) is 4.10. The fourth-order valence-corrected chi connectivity index (χ4v) is 3.37. The van der Waals surface area contributed by atoms with Crippen LogP contribution in [-0.2, 0) is 0 Å². The first-order valence-electron chi connectivity index (χ1n) is 5.98. The Balaban J connectivity index is 2.01. The molecule has 1 aliphatic heterocycles. The predicted octanol–water partition coefficient (Wildman–Crippen LogP) is 2.95. The second-order valence-electron chi connectivity index (χ2n) is 5.38. The maximum atomic E-state index is 3.63. The fourth-order valence-electron chi connectivity index (χ4n) is 3.37. The zero-order valence-corrected chi connectivity index (χ0v) is 9.10. The molecule has 0 aromatic heterocycles. The van der Waals surface area contributed by atoms with Crippen molar-refractivity contribution in [1.82, 2.24) is 5.32 Å². The standard InChI is InChI=1S/C12H23N/c1-10(2)11-12(9-13-11)7-5-3-4-6-8-12/h10-11,13H,3-9H2,1-2H3/t11-/m0/s1. The van der Waals surface area contributed by atoms with Gasteiger partial charge in [0.05, 0.1) is 0 Å². The minimum absolute atomic E-state index is 0.713. The molecule has 1 saturated carbocycles. The Hall–Kier alpha value is -0.0400. The molecule has 13 heavy (non-hydrogen) atoms. The van der Waals surface area contributed by atoms with Gasteiger partial charge in [0.25, 0.3) is 0 Å². The molecule has 1 nitrogen and oxygen atoms in total. The van der Waals surface area contributed by atoms with Crippen molar-refractivity contribution < 1.29 is 0 Å². The van der Waals surface area contributed by atoms with E-state index in [0.29, 0.717) is 5.41 Å². The quantitative estimate of drug-likeness (QED) is 0.656. The largest absolute Gasteiger partial charge is 0.313 e. The van der Waals surface area contributed by atoms with Gasteiger partial charge in [-0.25, -0.2) is 0 Å². The number of hydrogen-bond acceptors (Lipinski definition) is 1. The van der Waals surface area contributed by atoms with E-state index in [0.717, 1.165) is 12.0 Å². The molecule has 1 atom stereocenters. The molecule has 0 aromatic rings. The zero-order chi connectivity index (χ0) is 9.31. The molecule has 0 aromatic carbocycles. The summed E-state index contributed by atoms with van der Waals surface area (Å²) in [7, 11) is 0. The van der Waals surface area contributed by atoms with Crippen molar-refractivity contribution in [2.75, 3.05) is 6.54 Å². The summed E-state index contributed by atoms with van der Waals surface area (Å²) in [6.45, 7) is 6.03. The molecule has 0 radical (unpaired) electrons. The second-order valence-corrected chi connectivity index (χ2v) is 5.38. The van der Waals surface area contributed by atoms with Gasteiger partial charge in [-0.1, -0.05) is 39.5 Å². The summed E-state index contributed by atoms with van der Waals surface area (Å²) in [6.07, 6.45) is 8.89. The van der Waals surface area contributed by atoms with Crippen molar-refractivity contribution in [3.63, 3.8) is 0 Å². The lowest BCUT2D eigenvalue weighted by molar-refractivity contribution is 0.0325. The second kappa shape index (κ2) is 3.61. The number of hydrogen-bond donors (Lipinski definition) is 1. The van der Waals surface area contributed by atoms with Gasteiger partial charge in [0, 0.05) is 12.6 Å². The van der Waals surface area contributed by atoms with Gasteiger partial charge < -0.3 is 5.32 Å². The van der Waals surface area contributed by atoms with E-state index >= 15 is 0 Å². The molecular weight excluding hydrogens is 158 g/mol. The minimum atomic E-state index is 0.713. The van der Waals surface area contributed by atoms with Gasteiger partial charge in [-0.2, -0.15) is 0 Å². The molecule has 0 bridgehead atoms.